The summed E-state index contributed by atoms with van der Waals surface area (Å²) in [5.74, 6) is 2.32. The van der Waals surface area contributed by atoms with E-state index in [2.05, 4.69) is 37.8 Å². The van der Waals surface area contributed by atoms with Crippen LogP contribution in [0.3, 0.4) is 0 Å². The molecule has 2 heterocycles. The van der Waals surface area contributed by atoms with Crippen molar-refractivity contribution in [2.75, 3.05) is 26.2 Å². The van der Waals surface area contributed by atoms with Crippen LogP contribution in [0.1, 0.15) is 42.5 Å². The largest absolute Gasteiger partial charge is 0.493 e. The highest BCUT2D eigenvalue weighted by Gasteiger charge is 2.31. The molecule has 0 amide bonds. The van der Waals surface area contributed by atoms with Gasteiger partial charge in [-0.25, -0.2) is 0 Å². The number of fused-ring (bicyclic) bond motifs is 1. The lowest BCUT2D eigenvalue weighted by Gasteiger charge is -2.38. The van der Waals surface area contributed by atoms with E-state index in [1.807, 2.05) is 0 Å². The van der Waals surface area contributed by atoms with Crippen LogP contribution in [0.25, 0.3) is 0 Å². The van der Waals surface area contributed by atoms with E-state index in [1.165, 1.54) is 42.6 Å². The van der Waals surface area contributed by atoms with Crippen molar-refractivity contribution in [1.82, 2.24) is 4.90 Å². The van der Waals surface area contributed by atoms with Gasteiger partial charge in [-0.2, -0.15) is 0 Å². The number of nitrogens with zero attached hydrogens (tertiary/aromatic N) is 1. The summed E-state index contributed by atoms with van der Waals surface area (Å²) in [4.78, 5) is 2.57. The minimum Gasteiger partial charge on any atom is -0.493 e. The predicted octanol–water partition coefficient (Wildman–Crippen LogP) is 3.04. The van der Waals surface area contributed by atoms with Gasteiger partial charge in [0, 0.05) is 24.1 Å². The van der Waals surface area contributed by atoms with Crippen LogP contribution in [-0.4, -0.2) is 31.1 Å². The molecule has 116 valence electrons. The van der Waals surface area contributed by atoms with E-state index in [0.29, 0.717) is 5.92 Å². The van der Waals surface area contributed by atoms with E-state index in [-0.39, 0.29) is 6.04 Å². The Labute approximate surface area is 128 Å². The maximum Gasteiger partial charge on any atom is 0.127 e. The fraction of sp³-hybridized carbons (Fsp3) is 0.667. The molecule has 1 saturated heterocycles. The van der Waals surface area contributed by atoms with E-state index in [4.69, 9.17) is 10.5 Å². The standard InChI is InChI=1S/C18H28N2O/c1-12-6-8-20(9-7-12)10-15-11-21-18-14(3)13(2)4-5-16(18)17(15)19/h4-5,12,15,17H,6-11,19H2,1-3H3. The molecule has 2 aliphatic heterocycles. The summed E-state index contributed by atoms with van der Waals surface area (Å²) < 4.78 is 6.07. The summed E-state index contributed by atoms with van der Waals surface area (Å²) in [6.45, 7) is 10.9. The van der Waals surface area contributed by atoms with Gasteiger partial charge in [0.15, 0.2) is 0 Å². The Morgan fingerprint density at radius 3 is 2.67 bits per heavy atom. The zero-order valence-corrected chi connectivity index (χ0v) is 13.6. The molecule has 21 heavy (non-hydrogen) atoms. The van der Waals surface area contributed by atoms with E-state index < -0.39 is 0 Å². The number of piperidine rings is 1. The minimum absolute atomic E-state index is 0.104. The summed E-state index contributed by atoms with van der Waals surface area (Å²) in [6, 6.07) is 4.43. The van der Waals surface area contributed by atoms with Gasteiger partial charge in [-0.05, 0) is 56.8 Å². The number of rotatable bonds is 2. The van der Waals surface area contributed by atoms with E-state index in [1.54, 1.807) is 0 Å². The Bertz CT molecular complexity index is 506. The van der Waals surface area contributed by atoms with Crippen molar-refractivity contribution in [1.29, 1.82) is 0 Å². The molecule has 1 aromatic rings. The van der Waals surface area contributed by atoms with Gasteiger partial charge in [0.1, 0.15) is 5.75 Å². The van der Waals surface area contributed by atoms with Crippen LogP contribution in [-0.2, 0) is 0 Å². The second-order valence-electron chi connectivity index (χ2n) is 7.01. The molecule has 3 heteroatoms. The van der Waals surface area contributed by atoms with Crippen LogP contribution in [0.4, 0.5) is 0 Å². The maximum absolute atomic E-state index is 6.55. The summed E-state index contributed by atoms with van der Waals surface area (Å²) in [5, 5.41) is 0. The lowest BCUT2D eigenvalue weighted by molar-refractivity contribution is 0.113. The van der Waals surface area contributed by atoms with Crippen molar-refractivity contribution in [2.24, 2.45) is 17.6 Å². The number of ether oxygens (including phenoxy) is 1. The molecule has 0 aromatic heterocycles. The third-order valence-corrected chi connectivity index (χ3v) is 5.38. The van der Waals surface area contributed by atoms with Crippen molar-refractivity contribution in [3.05, 3.63) is 28.8 Å². The van der Waals surface area contributed by atoms with Crippen molar-refractivity contribution < 1.29 is 4.74 Å². The number of benzene rings is 1. The Morgan fingerprint density at radius 1 is 1.24 bits per heavy atom. The number of hydrogen-bond donors (Lipinski definition) is 1. The summed E-state index contributed by atoms with van der Waals surface area (Å²) in [7, 11) is 0. The van der Waals surface area contributed by atoms with Crippen LogP contribution in [0.2, 0.25) is 0 Å². The normalized spacial score (nSPS) is 27.2. The summed E-state index contributed by atoms with van der Waals surface area (Å²) in [6.07, 6.45) is 2.63. The fourth-order valence-electron chi connectivity index (χ4n) is 3.56. The number of hydrogen-bond acceptors (Lipinski definition) is 3. The molecule has 2 aliphatic rings. The van der Waals surface area contributed by atoms with Crippen LogP contribution in [0, 0.1) is 25.7 Å². The highest BCUT2D eigenvalue weighted by atomic mass is 16.5. The molecule has 0 bridgehead atoms. The zero-order valence-electron chi connectivity index (χ0n) is 13.6. The average molecular weight is 288 g/mol. The van der Waals surface area contributed by atoms with Gasteiger partial charge in [-0.3, -0.25) is 0 Å². The highest BCUT2D eigenvalue weighted by Crippen LogP contribution is 2.38. The number of likely N-dealkylation sites (tertiary alicyclic amines) is 1. The lowest BCUT2D eigenvalue weighted by atomic mass is 9.88. The maximum atomic E-state index is 6.55. The van der Waals surface area contributed by atoms with Gasteiger partial charge in [0.05, 0.1) is 6.61 Å². The second kappa shape index (κ2) is 5.98. The molecular weight excluding hydrogens is 260 g/mol. The van der Waals surface area contributed by atoms with Crippen molar-refractivity contribution in [2.45, 2.75) is 39.7 Å². The first kappa shape index (κ1) is 14.9. The van der Waals surface area contributed by atoms with Gasteiger partial charge < -0.3 is 15.4 Å². The Kier molecular flexibility index (Phi) is 4.23. The van der Waals surface area contributed by atoms with Gasteiger partial charge in [-0.15, -0.1) is 0 Å². The molecule has 1 fully saturated rings. The molecule has 0 spiro atoms. The molecule has 2 atom stereocenters. The summed E-state index contributed by atoms with van der Waals surface area (Å²) in [5.41, 5.74) is 10.3. The topological polar surface area (TPSA) is 38.5 Å². The van der Waals surface area contributed by atoms with Crippen molar-refractivity contribution in [3.8, 4) is 5.75 Å². The Morgan fingerprint density at radius 2 is 1.95 bits per heavy atom. The molecule has 3 rings (SSSR count). The Balaban J connectivity index is 1.71. The number of nitrogens with two attached hydrogens (primary N) is 1. The van der Waals surface area contributed by atoms with Crippen molar-refractivity contribution in [3.63, 3.8) is 0 Å². The first-order valence-corrected chi connectivity index (χ1v) is 8.27. The first-order valence-electron chi connectivity index (χ1n) is 8.27. The van der Waals surface area contributed by atoms with E-state index in [9.17, 15) is 0 Å². The van der Waals surface area contributed by atoms with Crippen LogP contribution in [0.5, 0.6) is 5.75 Å². The van der Waals surface area contributed by atoms with E-state index in [0.717, 1.165) is 24.8 Å². The van der Waals surface area contributed by atoms with Crippen molar-refractivity contribution >= 4 is 0 Å². The molecule has 1 aromatic carbocycles. The molecular formula is C18H28N2O. The third-order valence-electron chi connectivity index (χ3n) is 5.38. The van der Waals surface area contributed by atoms with Crippen LogP contribution in [0.15, 0.2) is 12.1 Å². The third kappa shape index (κ3) is 2.95. The predicted molar refractivity (Wildman–Crippen MR) is 86.7 cm³/mol. The fourth-order valence-corrected chi connectivity index (χ4v) is 3.56. The monoisotopic (exact) mass is 288 g/mol. The van der Waals surface area contributed by atoms with Gasteiger partial charge >= 0.3 is 0 Å². The van der Waals surface area contributed by atoms with Crippen LogP contribution >= 0.6 is 0 Å². The summed E-state index contributed by atoms with van der Waals surface area (Å²) >= 11 is 0. The minimum atomic E-state index is 0.104. The van der Waals surface area contributed by atoms with E-state index >= 15 is 0 Å². The SMILES string of the molecule is Cc1ccc2c(c1C)OCC(CN1CCC(C)CC1)C2N. The molecule has 2 unspecified atom stereocenters. The van der Waals surface area contributed by atoms with Crippen LogP contribution < -0.4 is 10.5 Å². The zero-order chi connectivity index (χ0) is 15.0. The first-order chi connectivity index (χ1) is 10.1. The number of aryl methyl sites for hydroxylation is 1. The second-order valence-corrected chi connectivity index (χ2v) is 7.01. The van der Waals surface area contributed by atoms with Gasteiger partial charge in [0.2, 0.25) is 0 Å². The highest BCUT2D eigenvalue weighted by molar-refractivity contribution is 5.48. The molecule has 0 aliphatic carbocycles. The lowest BCUT2D eigenvalue weighted by Crippen LogP contribution is -2.43. The average Bonchev–Trinajstić information content (AvgIpc) is 2.48. The van der Waals surface area contributed by atoms with Gasteiger partial charge in [0.25, 0.3) is 0 Å². The molecule has 3 nitrogen and oxygen atoms in total. The molecule has 0 saturated carbocycles. The smallest absolute Gasteiger partial charge is 0.127 e. The Hall–Kier alpha value is -1.06. The quantitative estimate of drug-likeness (QED) is 0.909. The molecule has 0 radical (unpaired) electrons. The molecule has 2 N–H and O–H groups in total. The van der Waals surface area contributed by atoms with Gasteiger partial charge in [-0.1, -0.05) is 19.1 Å².